The van der Waals surface area contributed by atoms with Crippen molar-refractivity contribution in [1.82, 2.24) is 9.88 Å². The van der Waals surface area contributed by atoms with Gasteiger partial charge in [0, 0.05) is 36.3 Å². The molecule has 1 aliphatic rings. The van der Waals surface area contributed by atoms with E-state index in [1.165, 1.54) is 10.9 Å². The highest BCUT2D eigenvalue weighted by molar-refractivity contribution is 5.92. The van der Waals surface area contributed by atoms with Crippen LogP contribution in [0.5, 0.6) is 17.2 Å². The molecule has 0 spiro atoms. The number of hydrogen-bond acceptors (Lipinski definition) is 4. The lowest BCUT2D eigenvalue weighted by Gasteiger charge is -2.31. The summed E-state index contributed by atoms with van der Waals surface area (Å²) in [6.45, 7) is 5.54. The summed E-state index contributed by atoms with van der Waals surface area (Å²) in [5.41, 5.74) is 3.30. The summed E-state index contributed by atoms with van der Waals surface area (Å²) >= 11 is 0. The van der Waals surface area contributed by atoms with Gasteiger partial charge in [-0.3, -0.25) is 4.79 Å². The molecule has 172 valence electrons. The molecule has 4 rings (SSSR count). The second kappa shape index (κ2) is 10.3. The molecule has 0 aliphatic carbocycles. The fourth-order valence-electron chi connectivity index (χ4n) is 4.33. The first-order valence-corrected chi connectivity index (χ1v) is 11.2. The third kappa shape index (κ3) is 5.06. The van der Waals surface area contributed by atoms with Gasteiger partial charge >= 0.3 is 0 Å². The highest BCUT2D eigenvalue weighted by Gasteiger charge is 2.24. The van der Waals surface area contributed by atoms with Gasteiger partial charge in [0.25, 0.3) is 0 Å². The first kappa shape index (κ1) is 22.5. The van der Waals surface area contributed by atoms with Gasteiger partial charge in [0.05, 0.1) is 14.2 Å². The number of H-pyrrole nitrogens is 1. The van der Waals surface area contributed by atoms with Crippen molar-refractivity contribution in [3.05, 3.63) is 72.5 Å². The number of fused-ring (bicyclic) bond motifs is 1. The molecule has 2 heterocycles. The molecular weight excluding hydrogens is 416 g/mol. The van der Waals surface area contributed by atoms with Crippen LogP contribution in [0.3, 0.4) is 0 Å². The molecule has 0 saturated carbocycles. The monoisotopic (exact) mass is 446 g/mol. The van der Waals surface area contributed by atoms with Crippen molar-refractivity contribution in [2.45, 2.75) is 18.8 Å². The van der Waals surface area contributed by atoms with Crippen LogP contribution in [0, 0.1) is 0 Å². The van der Waals surface area contributed by atoms with Gasteiger partial charge in [-0.15, -0.1) is 0 Å². The standard InChI is InChI=1S/C27H30N2O4/c1-4-15-33-25-9-5-19(16-26(25)32-3)6-10-27(30)29-13-11-20(12-14-29)23-18-28-24-8-7-21(31-2)17-22(23)24/h4-10,16-18,20,28H,1,11-15H2,2-3H3/b10-6+. The van der Waals surface area contributed by atoms with Crippen LogP contribution in [0.1, 0.15) is 29.9 Å². The smallest absolute Gasteiger partial charge is 0.246 e. The van der Waals surface area contributed by atoms with Gasteiger partial charge in [-0.05, 0) is 66.3 Å². The maximum Gasteiger partial charge on any atom is 0.246 e. The Morgan fingerprint density at radius 3 is 2.67 bits per heavy atom. The molecule has 6 nitrogen and oxygen atoms in total. The molecule has 1 saturated heterocycles. The van der Waals surface area contributed by atoms with Crippen LogP contribution < -0.4 is 14.2 Å². The topological polar surface area (TPSA) is 63.8 Å². The average Bonchev–Trinajstić information content (AvgIpc) is 3.29. The zero-order chi connectivity index (χ0) is 23.2. The molecule has 6 heteroatoms. The number of carbonyl (C=O) groups is 1. The summed E-state index contributed by atoms with van der Waals surface area (Å²) in [7, 11) is 3.29. The van der Waals surface area contributed by atoms with Crippen molar-refractivity contribution < 1.29 is 19.0 Å². The van der Waals surface area contributed by atoms with E-state index in [1.54, 1.807) is 26.4 Å². The lowest BCUT2D eigenvalue weighted by Crippen LogP contribution is -2.36. The highest BCUT2D eigenvalue weighted by atomic mass is 16.5. The molecule has 0 bridgehead atoms. The van der Waals surface area contributed by atoms with E-state index in [0.29, 0.717) is 24.0 Å². The van der Waals surface area contributed by atoms with Crippen molar-refractivity contribution in [1.29, 1.82) is 0 Å². The van der Waals surface area contributed by atoms with Gasteiger partial charge in [0.15, 0.2) is 11.5 Å². The number of hydrogen-bond donors (Lipinski definition) is 1. The SMILES string of the molecule is C=CCOc1ccc(/C=C/C(=O)N2CCC(c3c[nH]c4ccc(OC)cc34)CC2)cc1OC. The number of nitrogens with zero attached hydrogens (tertiary/aromatic N) is 1. The van der Waals surface area contributed by atoms with Gasteiger partial charge in [0.1, 0.15) is 12.4 Å². The highest BCUT2D eigenvalue weighted by Crippen LogP contribution is 2.35. The van der Waals surface area contributed by atoms with E-state index in [-0.39, 0.29) is 5.91 Å². The molecule has 1 amide bonds. The van der Waals surface area contributed by atoms with Crippen LogP contribution in [0.2, 0.25) is 0 Å². The Bertz CT molecular complexity index is 1160. The predicted molar refractivity (Wildman–Crippen MR) is 131 cm³/mol. The van der Waals surface area contributed by atoms with E-state index < -0.39 is 0 Å². The van der Waals surface area contributed by atoms with Crippen molar-refractivity contribution in [2.24, 2.45) is 0 Å². The van der Waals surface area contributed by atoms with Crippen LogP contribution in [-0.2, 0) is 4.79 Å². The predicted octanol–water partition coefficient (Wildman–Crippen LogP) is 5.17. The lowest BCUT2D eigenvalue weighted by atomic mass is 9.89. The summed E-state index contributed by atoms with van der Waals surface area (Å²) < 4.78 is 16.4. The first-order valence-electron chi connectivity index (χ1n) is 11.2. The van der Waals surface area contributed by atoms with E-state index >= 15 is 0 Å². The van der Waals surface area contributed by atoms with Gasteiger partial charge in [-0.25, -0.2) is 0 Å². The number of likely N-dealkylation sites (tertiary alicyclic amines) is 1. The number of carbonyl (C=O) groups excluding carboxylic acids is 1. The number of benzene rings is 2. The van der Waals surface area contributed by atoms with Gasteiger partial charge < -0.3 is 24.1 Å². The Morgan fingerprint density at radius 1 is 1.12 bits per heavy atom. The first-order chi connectivity index (χ1) is 16.1. The maximum atomic E-state index is 12.8. The Hall–Kier alpha value is -3.67. The van der Waals surface area contributed by atoms with Crippen molar-refractivity contribution in [3.63, 3.8) is 0 Å². The number of ether oxygens (including phenoxy) is 3. The van der Waals surface area contributed by atoms with E-state index in [2.05, 4.69) is 23.8 Å². The molecule has 3 aromatic rings. The molecule has 33 heavy (non-hydrogen) atoms. The summed E-state index contributed by atoms with van der Waals surface area (Å²) in [5.74, 6) is 2.59. The summed E-state index contributed by atoms with van der Waals surface area (Å²) in [6, 6.07) is 11.7. The molecule has 1 N–H and O–H groups in total. The van der Waals surface area contributed by atoms with Gasteiger partial charge in [0.2, 0.25) is 5.91 Å². The average molecular weight is 447 g/mol. The minimum Gasteiger partial charge on any atom is -0.497 e. The van der Waals surface area contributed by atoms with Gasteiger partial charge in [-0.1, -0.05) is 18.7 Å². The molecule has 1 aliphatic heterocycles. The number of aromatic amines is 1. The van der Waals surface area contributed by atoms with Crippen LogP contribution >= 0.6 is 0 Å². The lowest BCUT2D eigenvalue weighted by molar-refractivity contribution is -0.126. The summed E-state index contributed by atoms with van der Waals surface area (Å²) in [5, 5.41) is 1.20. The molecule has 1 aromatic heterocycles. The number of methoxy groups -OCH3 is 2. The number of nitrogens with one attached hydrogen (secondary N) is 1. The zero-order valence-corrected chi connectivity index (χ0v) is 19.2. The minimum absolute atomic E-state index is 0.0278. The Balaban J connectivity index is 1.38. The molecule has 0 radical (unpaired) electrons. The van der Waals surface area contributed by atoms with Crippen molar-refractivity contribution in [2.75, 3.05) is 33.9 Å². The molecule has 2 aromatic carbocycles. The Morgan fingerprint density at radius 2 is 1.94 bits per heavy atom. The molecule has 1 fully saturated rings. The second-order valence-corrected chi connectivity index (χ2v) is 8.10. The van der Waals surface area contributed by atoms with E-state index in [9.17, 15) is 4.79 Å². The third-order valence-corrected chi connectivity index (χ3v) is 6.13. The fraction of sp³-hybridized carbons (Fsp3) is 0.296. The third-order valence-electron chi connectivity index (χ3n) is 6.13. The number of rotatable bonds is 8. The van der Waals surface area contributed by atoms with Crippen LogP contribution in [-0.4, -0.2) is 49.7 Å². The van der Waals surface area contributed by atoms with E-state index in [1.807, 2.05) is 41.3 Å². The number of amides is 1. The minimum atomic E-state index is 0.0278. The largest absolute Gasteiger partial charge is 0.497 e. The summed E-state index contributed by atoms with van der Waals surface area (Å²) in [6.07, 6.45) is 9.11. The van der Waals surface area contributed by atoms with Crippen LogP contribution in [0.15, 0.2) is 61.3 Å². The van der Waals surface area contributed by atoms with E-state index in [0.717, 1.165) is 42.8 Å². The second-order valence-electron chi connectivity index (χ2n) is 8.10. The van der Waals surface area contributed by atoms with Gasteiger partial charge in [-0.2, -0.15) is 0 Å². The quantitative estimate of drug-likeness (QED) is 0.383. The molecule has 0 atom stereocenters. The van der Waals surface area contributed by atoms with Crippen LogP contribution in [0.4, 0.5) is 0 Å². The van der Waals surface area contributed by atoms with Crippen LogP contribution in [0.25, 0.3) is 17.0 Å². The van der Waals surface area contributed by atoms with E-state index in [4.69, 9.17) is 14.2 Å². The Labute approximate surface area is 194 Å². The summed E-state index contributed by atoms with van der Waals surface area (Å²) in [4.78, 5) is 18.1. The molecular formula is C27H30N2O4. The van der Waals surface area contributed by atoms with Crippen molar-refractivity contribution in [3.8, 4) is 17.2 Å². The molecule has 0 unspecified atom stereocenters. The normalized spacial score (nSPS) is 14.5. The number of piperidine rings is 1. The van der Waals surface area contributed by atoms with Crippen molar-refractivity contribution >= 4 is 22.9 Å². The maximum absolute atomic E-state index is 12.8. The fourth-order valence-corrected chi connectivity index (χ4v) is 4.33. The Kier molecular flexibility index (Phi) is 7.03. The number of aromatic nitrogens is 1. The zero-order valence-electron chi connectivity index (χ0n) is 19.2.